The second-order valence-electron chi connectivity index (χ2n) is 4.57. The zero-order valence-electron chi connectivity index (χ0n) is 11.3. The predicted molar refractivity (Wildman–Crippen MR) is 70.8 cm³/mol. The Morgan fingerprint density at radius 3 is 2.79 bits per heavy atom. The lowest BCUT2D eigenvalue weighted by atomic mass is 10.1. The van der Waals surface area contributed by atoms with E-state index in [1.165, 1.54) is 11.8 Å². The van der Waals surface area contributed by atoms with Crippen molar-refractivity contribution < 1.29 is 14.0 Å². The van der Waals surface area contributed by atoms with Crippen LogP contribution in [0.25, 0.3) is 11.1 Å². The van der Waals surface area contributed by atoms with E-state index < -0.39 is 11.7 Å². The Bertz CT molecular complexity index is 631. The molecule has 1 aromatic heterocycles. The first-order valence-electron chi connectivity index (χ1n) is 6.09. The minimum atomic E-state index is -0.460. The van der Waals surface area contributed by atoms with Crippen molar-refractivity contribution in [3.63, 3.8) is 0 Å². The summed E-state index contributed by atoms with van der Waals surface area (Å²) in [5.41, 5.74) is 2.63. The highest BCUT2D eigenvalue weighted by Gasteiger charge is 2.13. The number of ketones is 1. The van der Waals surface area contributed by atoms with Crippen molar-refractivity contribution in [2.24, 2.45) is 0 Å². The minimum Gasteiger partial charge on any atom is -0.441 e. The molecule has 0 saturated carbocycles. The first-order chi connectivity index (χ1) is 8.97. The van der Waals surface area contributed by atoms with E-state index in [1.54, 1.807) is 14.0 Å². The number of Topliss-reactive ketones (excluding diaryl/α,β-unsaturated/α-hetero) is 1. The fourth-order valence-electron chi connectivity index (χ4n) is 1.91. The average molecular weight is 260 g/mol. The number of aromatic nitrogens is 1. The fraction of sp³-hybridized carbons (Fsp3) is 0.357. The van der Waals surface area contributed by atoms with Gasteiger partial charge in [-0.3, -0.25) is 9.59 Å². The number of carbonyl (C=O) groups is 2. The molecule has 0 radical (unpaired) electrons. The third-order valence-electron chi connectivity index (χ3n) is 2.94. The van der Waals surface area contributed by atoms with Crippen LogP contribution < -0.4 is 0 Å². The Balaban J connectivity index is 2.05. The minimum absolute atomic E-state index is 0.440. The number of nitrogens with zero attached hydrogens (tertiary/aromatic N) is 2. The van der Waals surface area contributed by atoms with Crippen LogP contribution in [0.1, 0.15) is 18.4 Å². The van der Waals surface area contributed by atoms with E-state index in [0.29, 0.717) is 18.9 Å². The second-order valence-corrected chi connectivity index (χ2v) is 4.57. The van der Waals surface area contributed by atoms with Crippen LogP contribution in [0.5, 0.6) is 0 Å². The molecule has 0 unspecified atom stereocenters. The summed E-state index contributed by atoms with van der Waals surface area (Å²) in [6.45, 7) is 3.59. The normalized spacial score (nSPS) is 10.7. The summed E-state index contributed by atoms with van der Waals surface area (Å²) < 4.78 is 5.40. The zero-order valence-corrected chi connectivity index (χ0v) is 11.3. The van der Waals surface area contributed by atoms with Gasteiger partial charge in [-0.2, -0.15) is 0 Å². The molecule has 1 aromatic carbocycles. The van der Waals surface area contributed by atoms with Gasteiger partial charge in [-0.05, 0) is 24.1 Å². The summed E-state index contributed by atoms with van der Waals surface area (Å²) in [5, 5.41) is 0. The predicted octanol–water partition coefficient (Wildman–Crippen LogP) is 1.73. The van der Waals surface area contributed by atoms with Gasteiger partial charge in [0, 0.05) is 27.4 Å². The van der Waals surface area contributed by atoms with Crippen LogP contribution in [0.15, 0.2) is 22.6 Å². The van der Waals surface area contributed by atoms with Crippen molar-refractivity contribution >= 4 is 22.8 Å². The monoisotopic (exact) mass is 260 g/mol. The highest BCUT2D eigenvalue weighted by Crippen LogP contribution is 2.17. The molecule has 2 rings (SSSR count). The van der Waals surface area contributed by atoms with Gasteiger partial charge in [-0.25, -0.2) is 4.98 Å². The summed E-state index contributed by atoms with van der Waals surface area (Å²) in [4.78, 5) is 28.1. The number of fused-ring (bicyclic) bond motifs is 1. The topological polar surface area (TPSA) is 63.4 Å². The van der Waals surface area contributed by atoms with Crippen molar-refractivity contribution in [2.45, 2.75) is 20.3 Å². The van der Waals surface area contributed by atoms with Gasteiger partial charge in [-0.1, -0.05) is 6.07 Å². The van der Waals surface area contributed by atoms with Gasteiger partial charge < -0.3 is 9.32 Å². The van der Waals surface area contributed by atoms with Crippen LogP contribution in [0.2, 0.25) is 0 Å². The smallest absolute Gasteiger partial charge is 0.289 e. The molecule has 0 N–H and O–H groups in total. The van der Waals surface area contributed by atoms with Gasteiger partial charge in [0.25, 0.3) is 5.91 Å². The van der Waals surface area contributed by atoms with Crippen LogP contribution >= 0.6 is 0 Å². The number of carbonyl (C=O) groups excluding carboxylic acids is 2. The van der Waals surface area contributed by atoms with E-state index in [1.807, 2.05) is 18.2 Å². The van der Waals surface area contributed by atoms with Crippen LogP contribution in [0.3, 0.4) is 0 Å². The van der Waals surface area contributed by atoms with Gasteiger partial charge in [0.05, 0.1) is 0 Å². The number of benzene rings is 1. The van der Waals surface area contributed by atoms with Crippen molar-refractivity contribution in [3.05, 3.63) is 29.7 Å². The van der Waals surface area contributed by atoms with E-state index in [-0.39, 0.29) is 0 Å². The molecule has 0 atom stereocenters. The number of oxazole rings is 1. The van der Waals surface area contributed by atoms with Gasteiger partial charge in [0.1, 0.15) is 5.52 Å². The van der Waals surface area contributed by atoms with Crippen LogP contribution in [-0.4, -0.2) is 35.2 Å². The number of amides is 1. The molecule has 5 heteroatoms. The molecule has 1 heterocycles. The van der Waals surface area contributed by atoms with Crippen molar-refractivity contribution in [1.82, 2.24) is 9.88 Å². The Labute approximate surface area is 111 Å². The van der Waals surface area contributed by atoms with Crippen molar-refractivity contribution in [2.75, 3.05) is 13.6 Å². The summed E-state index contributed by atoms with van der Waals surface area (Å²) in [6, 6.07) is 5.76. The van der Waals surface area contributed by atoms with Crippen LogP contribution in [0, 0.1) is 6.92 Å². The molecule has 0 aliphatic carbocycles. The highest BCUT2D eigenvalue weighted by molar-refractivity contribution is 6.34. The molecule has 0 fully saturated rings. The highest BCUT2D eigenvalue weighted by atomic mass is 16.3. The molecule has 5 nitrogen and oxygen atoms in total. The lowest BCUT2D eigenvalue weighted by molar-refractivity contribution is -0.142. The molecule has 0 spiro atoms. The zero-order chi connectivity index (χ0) is 14.0. The molecule has 0 bridgehead atoms. The van der Waals surface area contributed by atoms with Crippen LogP contribution in [-0.2, 0) is 16.0 Å². The summed E-state index contributed by atoms with van der Waals surface area (Å²) >= 11 is 0. The first-order valence-corrected chi connectivity index (χ1v) is 6.09. The Morgan fingerprint density at radius 2 is 2.11 bits per heavy atom. The third kappa shape index (κ3) is 2.99. The lowest BCUT2D eigenvalue weighted by Gasteiger charge is -2.14. The molecule has 2 aromatic rings. The molecule has 0 aliphatic rings. The van der Waals surface area contributed by atoms with E-state index >= 15 is 0 Å². The van der Waals surface area contributed by atoms with E-state index in [4.69, 9.17) is 4.42 Å². The Hall–Kier alpha value is -2.17. The fourth-order valence-corrected chi connectivity index (χ4v) is 1.91. The molecule has 19 heavy (non-hydrogen) atoms. The number of hydrogen-bond donors (Lipinski definition) is 0. The average Bonchev–Trinajstić information content (AvgIpc) is 2.74. The quantitative estimate of drug-likeness (QED) is 0.785. The maximum absolute atomic E-state index is 11.4. The maximum Gasteiger partial charge on any atom is 0.289 e. The molecular formula is C14H16N2O3. The van der Waals surface area contributed by atoms with Gasteiger partial charge in [0.2, 0.25) is 5.78 Å². The van der Waals surface area contributed by atoms with Gasteiger partial charge in [0.15, 0.2) is 11.5 Å². The summed E-state index contributed by atoms with van der Waals surface area (Å²) in [6.07, 6.45) is 0.678. The first kappa shape index (κ1) is 13.3. The number of rotatable bonds is 4. The molecule has 1 amide bonds. The van der Waals surface area contributed by atoms with Crippen LogP contribution in [0.4, 0.5) is 0 Å². The summed E-state index contributed by atoms with van der Waals surface area (Å²) in [7, 11) is 1.63. The van der Waals surface area contributed by atoms with Crippen molar-refractivity contribution in [1.29, 1.82) is 0 Å². The molecule has 0 aliphatic heterocycles. The lowest BCUT2D eigenvalue weighted by Crippen LogP contribution is -2.33. The number of hydrogen-bond acceptors (Lipinski definition) is 4. The molecule has 0 saturated heterocycles. The van der Waals surface area contributed by atoms with Gasteiger partial charge >= 0.3 is 0 Å². The second kappa shape index (κ2) is 5.22. The number of aryl methyl sites for hydroxylation is 1. The van der Waals surface area contributed by atoms with Gasteiger partial charge in [-0.15, -0.1) is 0 Å². The van der Waals surface area contributed by atoms with E-state index in [2.05, 4.69) is 4.98 Å². The van der Waals surface area contributed by atoms with Crippen molar-refractivity contribution in [3.8, 4) is 0 Å². The maximum atomic E-state index is 11.4. The third-order valence-corrected chi connectivity index (χ3v) is 2.94. The van der Waals surface area contributed by atoms with E-state index in [9.17, 15) is 9.59 Å². The Morgan fingerprint density at radius 1 is 1.37 bits per heavy atom. The number of likely N-dealkylation sites (N-methyl/N-ethyl adjacent to an activating group) is 1. The largest absolute Gasteiger partial charge is 0.441 e. The summed E-state index contributed by atoms with van der Waals surface area (Å²) in [5.74, 6) is -0.264. The van der Waals surface area contributed by atoms with E-state index in [0.717, 1.165) is 16.7 Å². The molecular weight excluding hydrogens is 244 g/mol. The molecule has 100 valence electrons. The Kier molecular flexibility index (Phi) is 3.64. The SMILES string of the molecule is CC(=O)C(=O)N(C)CCc1ccc2oc(C)nc2c1. The standard InChI is InChI=1S/C14H16N2O3/c1-9(17)14(18)16(3)7-6-11-4-5-13-12(8-11)15-10(2)19-13/h4-5,8H,6-7H2,1-3H3.